The molecule has 1 aromatic carbocycles. The van der Waals surface area contributed by atoms with Gasteiger partial charge in [-0.15, -0.1) is 0 Å². The van der Waals surface area contributed by atoms with E-state index in [1.54, 1.807) is 7.11 Å². The van der Waals surface area contributed by atoms with Crippen molar-refractivity contribution in [2.75, 3.05) is 20.3 Å². The Labute approximate surface area is 113 Å². The van der Waals surface area contributed by atoms with Crippen molar-refractivity contribution >= 4 is 5.97 Å². The smallest absolute Gasteiger partial charge is 0.340 e. The molecule has 104 valence electrons. The number of ether oxygens (including phenoxy) is 3. The summed E-state index contributed by atoms with van der Waals surface area (Å²) >= 11 is 0. The molecule has 0 bridgehead atoms. The van der Waals surface area contributed by atoms with Crippen molar-refractivity contribution in [1.82, 2.24) is 0 Å². The highest BCUT2D eigenvalue weighted by Crippen LogP contribution is 2.34. The average molecular weight is 264 g/mol. The van der Waals surface area contributed by atoms with E-state index in [1.165, 1.54) is 5.56 Å². The molecule has 1 aliphatic heterocycles. The molecule has 19 heavy (non-hydrogen) atoms. The fraction of sp³-hybridized carbons (Fsp3) is 0.533. The molecular weight excluding hydrogens is 244 g/mol. The first-order valence-corrected chi connectivity index (χ1v) is 6.64. The second-order valence-electron chi connectivity index (χ2n) is 4.71. The SMILES string of the molecule is CCOC(=O)[C@@]1(CCCc2ccc(OC)cc2)CO1. The van der Waals surface area contributed by atoms with Gasteiger partial charge in [-0.05, 0) is 43.9 Å². The Kier molecular flexibility index (Phi) is 4.43. The lowest BCUT2D eigenvalue weighted by molar-refractivity contribution is -0.149. The fourth-order valence-corrected chi connectivity index (χ4v) is 2.08. The number of methoxy groups -OCH3 is 1. The Morgan fingerprint density at radius 3 is 2.58 bits per heavy atom. The zero-order valence-corrected chi connectivity index (χ0v) is 11.5. The molecule has 1 atom stereocenters. The van der Waals surface area contributed by atoms with E-state index in [9.17, 15) is 4.79 Å². The Morgan fingerprint density at radius 2 is 2.05 bits per heavy atom. The maximum absolute atomic E-state index is 11.7. The zero-order chi connectivity index (χ0) is 13.7. The van der Waals surface area contributed by atoms with Crippen molar-refractivity contribution in [1.29, 1.82) is 0 Å². The van der Waals surface area contributed by atoms with E-state index < -0.39 is 5.60 Å². The third-order valence-corrected chi connectivity index (χ3v) is 3.35. The highest BCUT2D eigenvalue weighted by molar-refractivity contribution is 5.82. The molecule has 1 aromatic rings. The normalized spacial score (nSPS) is 20.9. The van der Waals surface area contributed by atoms with Gasteiger partial charge in [0.1, 0.15) is 5.75 Å². The van der Waals surface area contributed by atoms with E-state index in [0.29, 0.717) is 13.2 Å². The number of benzene rings is 1. The van der Waals surface area contributed by atoms with E-state index in [2.05, 4.69) is 0 Å². The minimum atomic E-state index is -0.650. The molecule has 4 heteroatoms. The van der Waals surface area contributed by atoms with Gasteiger partial charge in [0.15, 0.2) is 5.60 Å². The molecule has 2 rings (SSSR count). The van der Waals surface area contributed by atoms with Crippen LogP contribution in [-0.4, -0.2) is 31.9 Å². The van der Waals surface area contributed by atoms with Gasteiger partial charge in [0.25, 0.3) is 0 Å². The number of rotatable bonds is 7. The number of carbonyl (C=O) groups is 1. The lowest BCUT2D eigenvalue weighted by Gasteiger charge is -2.10. The van der Waals surface area contributed by atoms with Crippen molar-refractivity contribution in [2.45, 2.75) is 31.8 Å². The molecule has 1 fully saturated rings. The van der Waals surface area contributed by atoms with Crippen LogP contribution in [0.5, 0.6) is 5.75 Å². The topological polar surface area (TPSA) is 48.1 Å². The molecule has 4 nitrogen and oxygen atoms in total. The van der Waals surface area contributed by atoms with Crippen LogP contribution in [0.2, 0.25) is 0 Å². The monoisotopic (exact) mass is 264 g/mol. The lowest BCUT2D eigenvalue weighted by Crippen LogP contribution is -2.27. The predicted octanol–water partition coefficient (Wildman–Crippen LogP) is 2.35. The van der Waals surface area contributed by atoms with Crippen LogP contribution >= 0.6 is 0 Å². The maximum atomic E-state index is 11.7. The minimum Gasteiger partial charge on any atom is -0.497 e. The van der Waals surface area contributed by atoms with Gasteiger partial charge in [-0.3, -0.25) is 0 Å². The van der Waals surface area contributed by atoms with Crippen LogP contribution in [0.1, 0.15) is 25.3 Å². The first-order valence-electron chi connectivity index (χ1n) is 6.64. The Hall–Kier alpha value is -1.55. The Morgan fingerprint density at radius 1 is 1.37 bits per heavy atom. The van der Waals surface area contributed by atoms with Gasteiger partial charge in [-0.2, -0.15) is 0 Å². The van der Waals surface area contributed by atoms with Crippen LogP contribution in [0, 0.1) is 0 Å². The summed E-state index contributed by atoms with van der Waals surface area (Å²) in [6.07, 6.45) is 2.55. The van der Waals surface area contributed by atoms with Crippen molar-refractivity contribution in [3.8, 4) is 5.75 Å². The highest BCUT2D eigenvalue weighted by atomic mass is 16.6. The first kappa shape index (κ1) is 13.9. The largest absolute Gasteiger partial charge is 0.497 e. The molecule has 0 aromatic heterocycles. The minimum absolute atomic E-state index is 0.218. The summed E-state index contributed by atoms with van der Waals surface area (Å²) in [4.78, 5) is 11.7. The van der Waals surface area contributed by atoms with Crippen LogP contribution in [-0.2, 0) is 20.7 Å². The Bertz CT molecular complexity index is 420. The number of hydrogen-bond donors (Lipinski definition) is 0. The molecule has 1 aliphatic rings. The number of carbonyl (C=O) groups excluding carboxylic acids is 1. The van der Waals surface area contributed by atoms with Gasteiger partial charge in [0.05, 0.1) is 20.3 Å². The van der Waals surface area contributed by atoms with Gasteiger partial charge < -0.3 is 14.2 Å². The molecule has 0 N–H and O–H groups in total. The number of epoxide rings is 1. The molecule has 1 saturated heterocycles. The van der Waals surface area contributed by atoms with Gasteiger partial charge in [0.2, 0.25) is 0 Å². The molecule has 0 spiro atoms. The standard InChI is InChI=1S/C15H20O4/c1-3-18-14(16)15(11-19-15)10-4-5-12-6-8-13(17-2)9-7-12/h6-9H,3-5,10-11H2,1-2H3/t15-/m1/s1. The van der Waals surface area contributed by atoms with Gasteiger partial charge in [0, 0.05) is 0 Å². The van der Waals surface area contributed by atoms with Crippen LogP contribution in [0.3, 0.4) is 0 Å². The van der Waals surface area contributed by atoms with Gasteiger partial charge >= 0.3 is 5.97 Å². The highest BCUT2D eigenvalue weighted by Gasteiger charge is 2.52. The average Bonchev–Trinajstić information content (AvgIpc) is 3.21. The quantitative estimate of drug-likeness (QED) is 0.560. The maximum Gasteiger partial charge on any atom is 0.340 e. The third-order valence-electron chi connectivity index (χ3n) is 3.35. The molecule has 0 unspecified atom stereocenters. The van der Waals surface area contributed by atoms with Crippen molar-refractivity contribution in [2.24, 2.45) is 0 Å². The van der Waals surface area contributed by atoms with Crippen LogP contribution in [0.4, 0.5) is 0 Å². The van der Waals surface area contributed by atoms with E-state index in [-0.39, 0.29) is 5.97 Å². The third kappa shape index (κ3) is 3.47. The molecular formula is C15H20O4. The second kappa shape index (κ2) is 6.06. The summed E-state index contributed by atoms with van der Waals surface area (Å²) in [6, 6.07) is 7.99. The number of aryl methyl sites for hydroxylation is 1. The van der Waals surface area contributed by atoms with Gasteiger partial charge in [-0.25, -0.2) is 4.79 Å². The van der Waals surface area contributed by atoms with Crippen LogP contribution in [0.25, 0.3) is 0 Å². The Balaban J connectivity index is 1.78. The second-order valence-corrected chi connectivity index (χ2v) is 4.71. The summed E-state index contributed by atoms with van der Waals surface area (Å²) in [5.74, 6) is 0.641. The first-order chi connectivity index (χ1) is 9.20. The van der Waals surface area contributed by atoms with Crippen molar-refractivity contribution < 1.29 is 19.0 Å². The van der Waals surface area contributed by atoms with Crippen molar-refractivity contribution in [3.05, 3.63) is 29.8 Å². The summed E-state index contributed by atoms with van der Waals surface area (Å²) in [7, 11) is 1.66. The summed E-state index contributed by atoms with van der Waals surface area (Å²) in [5, 5.41) is 0. The van der Waals surface area contributed by atoms with Crippen molar-refractivity contribution in [3.63, 3.8) is 0 Å². The molecule has 1 heterocycles. The summed E-state index contributed by atoms with van der Waals surface area (Å²) in [5.41, 5.74) is 0.586. The van der Waals surface area contributed by atoms with E-state index >= 15 is 0 Å². The molecule has 0 aliphatic carbocycles. The zero-order valence-electron chi connectivity index (χ0n) is 11.5. The number of esters is 1. The summed E-state index contributed by atoms with van der Waals surface area (Å²) < 4.78 is 15.4. The van der Waals surface area contributed by atoms with Crippen LogP contribution < -0.4 is 4.74 Å². The van der Waals surface area contributed by atoms with E-state index in [0.717, 1.165) is 25.0 Å². The molecule has 0 saturated carbocycles. The lowest BCUT2D eigenvalue weighted by atomic mass is 10.0. The molecule has 0 amide bonds. The predicted molar refractivity (Wildman–Crippen MR) is 71.2 cm³/mol. The fourth-order valence-electron chi connectivity index (χ4n) is 2.08. The van der Waals surface area contributed by atoms with Crippen LogP contribution in [0.15, 0.2) is 24.3 Å². The van der Waals surface area contributed by atoms with Gasteiger partial charge in [-0.1, -0.05) is 12.1 Å². The van der Waals surface area contributed by atoms with E-state index in [1.807, 2.05) is 31.2 Å². The molecule has 0 radical (unpaired) electrons. The van der Waals surface area contributed by atoms with E-state index in [4.69, 9.17) is 14.2 Å². The summed E-state index contributed by atoms with van der Waals surface area (Å²) in [6.45, 7) is 2.71. The number of hydrogen-bond acceptors (Lipinski definition) is 4.